The van der Waals surface area contributed by atoms with E-state index < -0.39 is 0 Å². The molecule has 1 aromatic carbocycles. The van der Waals surface area contributed by atoms with Gasteiger partial charge in [0.05, 0.1) is 29.2 Å². The monoisotopic (exact) mass is 451 g/mol. The first-order valence-corrected chi connectivity index (χ1v) is 9.84. The molecule has 0 saturated heterocycles. The Balaban J connectivity index is 0.00000256. The topological polar surface area (TPSA) is 66.9 Å². The standard InChI is InChI=1S/C21H20Cl2N5O.Na/c1-21(2,3)18-15(23)17(28(4)27-18)19-24-14-10-13(11-8-6-7-9-12(11)22)25-20(29-5)16(14)26-19;/h6-10H,1-5H3;/q-1;+1. The first-order valence-electron chi connectivity index (χ1n) is 9.08. The summed E-state index contributed by atoms with van der Waals surface area (Å²) in [6.45, 7) is 6.20. The van der Waals surface area contributed by atoms with E-state index in [0.29, 0.717) is 44.2 Å². The minimum absolute atomic E-state index is 0. The molecule has 3 aromatic heterocycles. The minimum atomic E-state index is -0.199. The molecule has 4 rings (SSSR count). The minimum Gasteiger partial charge on any atom is -0.481 e. The van der Waals surface area contributed by atoms with Crippen LogP contribution in [0.3, 0.4) is 0 Å². The van der Waals surface area contributed by atoms with Crippen molar-refractivity contribution in [2.24, 2.45) is 7.05 Å². The Morgan fingerprint density at radius 3 is 2.40 bits per heavy atom. The van der Waals surface area contributed by atoms with Crippen LogP contribution in [0, 0.1) is 0 Å². The number of aromatic nitrogens is 5. The van der Waals surface area contributed by atoms with Gasteiger partial charge in [-0.3, -0.25) is 4.68 Å². The first-order chi connectivity index (χ1) is 13.7. The summed E-state index contributed by atoms with van der Waals surface area (Å²) in [6, 6.07) is 9.36. The van der Waals surface area contributed by atoms with Crippen molar-refractivity contribution in [2.75, 3.05) is 7.11 Å². The van der Waals surface area contributed by atoms with E-state index in [2.05, 4.69) is 35.8 Å². The number of halogens is 2. The van der Waals surface area contributed by atoms with E-state index in [1.165, 1.54) is 0 Å². The van der Waals surface area contributed by atoms with Gasteiger partial charge in [0, 0.05) is 28.6 Å². The van der Waals surface area contributed by atoms with E-state index in [1.54, 1.807) is 11.8 Å². The predicted molar refractivity (Wildman–Crippen MR) is 116 cm³/mol. The first kappa shape index (κ1) is 23.1. The van der Waals surface area contributed by atoms with Gasteiger partial charge in [-0.05, 0) is 23.5 Å². The van der Waals surface area contributed by atoms with Crippen LogP contribution < -0.4 is 39.3 Å². The number of imidazole rings is 1. The zero-order valence-corrected chi connectivity index (χ0v) is 21.3. The molecule has 0 saturated carbocycles. The number of fused-ring (bicyclic) bond motifs is 1. The summed E-state index contributed by atoms with van der Waals surface area (Å²) in [7, 11) is 3.39. The fraction of sp³-hybridized carbons (Fsp3) is 0.286. The largest absolute Gasteiger partial charge is 1.00 e. The second kappa shape index (κ2) is 8.52. The van der Waals surface area contributed by atoms with Gasteiger partial charge in [0.15, 0.2) is 0 Å². The van der Waals surface area contributed by atoms with E-state index >= 15 is 0 Å². The molecule has 0 aliphatic heterocycles. The number of benzene rings is 1. The van der Waals surface area contributed by atoms with Gasteiger partial charge in [-0.15, -0.1) is 0 Å². The fourth-order valence-corrected chi connectivity index (χ4v) is 3.97. The molecule has 0 unspecified atom stereocenters. The molecule has 4 aromatic rings. The number of aryl methyl sites for hydroxylation is 1. The summed E-state index contributed by atoms with van der Waals surface area (Å²) in [5, 5.41) is 5.74. The SMILES string of the molecule is COc1nc(-c2ccccc2Cl)cc2nc(-c3c(Cl)c(C(C)(C)C)nn3C)[n-]c12.[Na+]. The molecule has 6 nitrogen and oxygen atoms in total. The summed E-state index contributed by atoms with van der Waals surface area (Å²) in [6.07, 6.45) is 0. The average molecular weight is 452 g/mol. The molecule has 0 aliphatic carbocycles. The quantitative estimate of drug-likeness (QED) is 0.447. The van der Waals surface area contributed by atoms with Crippen molar-refractivity contribution in [1.29, 1.82) is 0 Å². The molecule has 0 N–H and O–H groups in total. The second-order valence-corrected chi connectivity index (χ2v) is 8.58. The third-order valence-electron chi connectivity index (χ3n) is 4.64. The fourth-order valence-electron chi connectivity index (χ4n) is 3.21. The Bertz CT molecular complexity index is 1230. The van der Waals surface area contributed by atoms with Gasteiger partial charge < -0.3 is 14.7 Å². The van der Waals surface area contributed by atoms with Crippen LogP contribution in [0.2, 0.25) is 10.0 Å². The van der Waals surface area contributed by atoms with E-state index in [-0.39, 0.29) is 35.0 Å². The van der Waals surface area contributed by atoms with Crippen molar-refractivity contribution in [3.05, 3.63) is 46.1 Å². The number of ether oxygens (including phenoxy) is 1. The van der Waals surface area contributed by atoms with E-state index in [9.17, 15) is 0 Å². The van der Waals surface area contributed by atoms with Crippen LogP contribution in [0.25, 0.3) is 33.8 Å². The Morgan fingerprint density at radius 2 is 1.80 bits per heavy atom. The molecular formula is C21H20Cl2N5NaO. The van der Waals surface area contributed by atoms with Crippen LogP contribution in [-0.4, -0.2) is 26.9 Å². The zero-order chi connectivity index (χ0) is 20.9. The van der Waals surface area contributed by atoms with Crippen LogP contribution in [-0.2, 0) is 12.5 Å². The van der Waals surface area contributed by atoms with Gasteiger partial charge in [0.25, 0.3) is 0 Å². The van der Waals surface area contributed by atoms with Gasteiger partial charge in [0.1, 0.15) is 0 Å². The van der Waals surface area contributed by atoms with E-state index in [4.69, 9.17) is 32.9 Å². The summed E-state index contributed by atoms with van der Waals surface area (Å²) in [5.41, 5.74) is 3.94. The van der Waals surface area contributed by atoms with Gasteiger partial charge >= 0.3 is 29.6 Å². The molecule has 0 amide bonds. The molecule has 30 heavy (non-hydrogen) atoms. The smallest absolute Gasteiger partial charge is 0.481 e. The normalized spacial score (nSPS) is 11.6. The second-order valence-electron chi connectivity index (χ2n) is 7.80. The summed E-state index contributed by atoms with van der Waals surface area (Å²) < 4.78 is 7.20. The maximum Gasteiger partial charge on any atom is 1.00 e. The molecule has 150 valence electrons. The Morgan fingerprint density at radius 1 is 1.10 bits per heavy atom. The van der Waals surface area contributed by atoms with Crippen LogP contribution in [0.1, 0.15) is 26.5 Å². The Labute approximate surface area is 207 Å². The van der Waals surface area contributed by atoms with Gasteiger partial charge in [-0.25, -0.2) is 4.98 Å². The summed E-state index contributed by atoms with van der Waals surface area (Å²) in [5.74, 6) is 0.859. The van der Waals surface area contributed by atoms with Gasteiger partial charge in [0.2, 0.25) is 5.88 Å². The average Bonchev–Trinajstić information content (AvgIpc) is 3.21. The Hall–Kier alpha value is -1.57. The summed E-state index contributed by atoms with van der Waals surface area (Å²) in [4.78, 5) is 13.9. The molecule has 9 heteroatoms. The third-order valence-corrected chi connectivity index (χ3v) is 5.33. The van der Waals surface area contributed by atoms with Crippen molar-refractivity contribution >= 4 is 34.2 Å². The number of nitrogens with zero attached hydrogens (tertiary/aromatic N) is 5. The van der Waals surface area contributed by atoms with Crippen molar-refractivity contribution < 1.29 is 34.3 Å². The number of hydrogen-bond acceptors (Lipinski definition) is 4. The molecule has 0 aliphatic rings. The molecule has 0 spiro atoms. The van der Waals surface area contributed by atoms with Crippen LogP contribution in [0.4, 0.5) is 0 Å². The van der Waals surface area contributed by atoms with Crippen LogP contribution in [0.5, 0.6) is 5.88 Å². The third kappa shape index (κ3) is 3.99. The van der Waals surface area contributed by atoms with Crippen molar-refractivity contribution in [1.82, 2.24) is 24.7 Å². The maximum absolute atomic E-state index is 6.67. The molecule has 0 radical (unpaired) electrons. The number of rotatable bonds is 3. The Kier molecular flexibility index (Phi) is 6.56. The summed E-state index contributed by atoms with van der Waals surface area (Å²) >= 11 is 13.0. The van der Waals surface area contributed by atoms with E-state index in [1.807, 2.05) is 37.4 Å². The zero-order valence-electron chi connectivity index (χ0n) is 17.8. The van der Waals surface area contributed by atoms with Crippen molar-refractivity contribution in [3.8, 4) is 28.7 Å². The molecular weight excluding hydrogens is 432 g/mol. The predicted octanol–water partition coefficient (Wildman–Crippen LogP) is 2.27. The van der Waals surface area contributed by atoms with Gasteiger partial charge in [-0.1, -0.05) is 62.2 Å². The molecule has 0 bridgehead atoms. The van der Waals surface area contributed by atoms with Crippen molar-refractivity contribution in [3.63, 3.8) is 0 Å². The molecule has 0 atom stereocenters. The van der Waals surface area contributed by atoms with Crippen LogP contribution >= 0.6 is 23.2 Å². The van der Waals surface area contributed by atoms with Crippen molar-refractivity contribution in [2.45, 2.75) is 26.2 Å². The van der Waals surface area contributed by atoms with E-state index in [0.717, 1.165) is 11.3 Å². The number of hydrogen-bond donors (Lipinski definition) is 0. The molecule has 0 fully saturated rings. The van der Waals surface area contributed by atoms with Gasteiger partial charge in [-0.2, -0.15) is 5.10 Å². The number of pyridine rings is 1. The maximum atomic E-state index is 6.67. The van der Waals surface area contributed by atoms with Crippen LogP contribution in [0.15, 0.2) is 30.3 Å². The number of methoxy groups -OCH3 is 1. The molecule has 3 heterocycles.